The van der Waals surface area contributed by atoms with Gasteiger partial charge >= 0.3 is 0 Å². The predicted octanol–water partition coefficient (Wildman–Crippen LogP) is 2.49. The molecule has 22 heavy (non-hydrogen) atoms. The highest BCUT2D eigenvalue weighted by molar-refractivity contribution is 7.85. The van der Waals surface area contributed by atoms with Crippen molar-refractivity contribution >= 4 is 33.4 Å². The lowest BCUT2D eigenvalue weighted by Crippen LogP contribution is -2.21. The highest BCUT2D eigenvalue weighted by Crippen LogP contribution is 2.15. The van der Waals surface area contributed by atoms with Crippen molar-refractivity contribution in [3.05, 3.63) is 59.1 Å². The fourth-order valence-corrected chi connectivity index (χ4v) is 1.98. The maximum Gasteiger partial charge on any atom is 0.294 e. The zero-order valence-electron chi connectivity index (χ0n) is 11.8. The van der Waals surface area contributed by atoms with Crippen LogP contribution in [0.4, 0.5) is 5.69 Å². The molecule has 0 bridgehead atoms. The fourth-order valence-electron chi connectivity index (χ4n) is 1.37. The molecule has 0 radical (unpaired) electrons. The van der Waals surface area contributed by atoms with Crippen molar-refractivity contribution in [1.29, 1.82) is 0 Å². The lowest BCUT2D eigenvalue weighted by atomic mass is 10.2. The highest BCUT2D eigenvalue weighted by atomic mass is 35.5. The van der Waals surface area contributed by atoms with E-state index in [1.807, 2.05) is 6.92 Å². The average Bonchev–Trinajstić information content (AvgIpc) is 2.41. The van der Waals surface area contributed by atoms with Gasteiger partial charge in [-0.25, -0.2) is 4.99 Å². The van der Waals surface area contributed by atoms with Gasteiger partial charge in [-0.15, -0.1) is 0 Å². The van der Waals surface area contributed by atoms with E-state index in [1.165, 1.54) is 12.1 Å². The molecule has 0 spiro atoms. The molecule has 0 unspecified atom stereocenters. The van der Waals surface area contributed by atoms with Gasteiger partial charge in [-0.2, -0.15) is 8.42 Å². The quantitative estimate of drug-likeness (QED) is 0.440. The molecule has 2 aromatic rings. The number of aryl methyl sites for hydroxylation is 1. The second kappa shape index (κ2) is 7.79. The second-order valence-electron chi connectivity index (χ2n) is 4.30. The number of guanidine groups is 1. The molecule has 5 N–H and O–H groups in total. The van der Waals surface area contributed by atoms with Gasteiger partial charge < -0.3 is 11.5 Å². The van der Waals surface area contributed by atoms with E-state index in [4.69, 9.17) is 27.6 Å². The van der Waals surface area contributed by atoms with Gasteiger partial charge in [0.1, 0.15) is 0 Å². The number of hydrogen-bond donors (Lipinski definition) is 3. The van der Waals surface area contributed by atoms with E-state index in [2.05, 4.69) is 4.99 Å². The first-order chi connectivity index (χ1) is 10.2. The molecule has 2 rings (SSSR count). The van der Waals surface area contributed by atoms with E-state index in [1.54, 1.807) is 36.4 Å². The van der Waals surface area contributed by atoms with Crippen LogP contribution in [0, 0.1) is 6.92 Å². The molecular weight excluding hydrogens is 326 g/mol. The number of nitrogens with two attached hydrogens (primary N) is 2. The summed E-state index contributed by atoms with van der Waals surface area (Å²) >= 11 is 5.64. The monoisotopic (exact) mass is 341 g/mol. The topological polar surface area (TPSA) is 119 Å². The van der Waals surface area contributed by atoms with Gasteiger partial charge in [0.25, 0.3) is 10.1 Å². The van der Waals surface area contributed by atoms with E-state index in [-0.39, 0.29) is 10.9 Å². The van der Waals surface area contributed by atoms with Gasteiger partial charge in [-0.1, -0.05) is 29.3 Å². The largest absolute Gasteiger partial charge is 0.370 e. The van der Waals surface area contributed by atoms with Crippen molar-refractivity contribution in [1.82, 2.24) is 0 Å². The van der Waals surface area contributed by atoms with Crippen LogP contribution in [0.5, 0.6) is 0 Å². The standard InChI is InChI=1S/C7H8ClN3.C7H8O3S/c8-5-1-3-6(4-2-5)11-7(9)10;1-6-2-4-7(5-3-6)11(8,9)10/h1-4H,(H4,9,10,11);2-5H,1H3,(H,8,9,10). The highest BCUT2D eigenvalue weighted by Gasteiger charge is 2.06. The van der Waals surface area contributed by atoms with Crippen LogP contribution in [0.15, 0.2) is 58.4 Å². The summed E-state index contributed by atoms with van der Waals surface area (Å²) in [6.45, 7) is 1.84. The molecule has 0 aliphatic carbocycles. The van der Waals surface area contributed by atoms with Crippen molar-refractivity contribution in [3.8, 4) is 0 Å². The normalized spacial score (nSPS) is 10.3. The summed E-state index contributed by atoms with van der Waals surface area (Å²) < 4.78 is 29.6. The molecular formula is C14H16ClN3O3S. The fraction of sp³-hybridized carbons (Fsp3) is 0.0714. The number of nitrogens with zero attached hydrogens (tertiary/aromatic N) is 1. The first-order valence-electron chi connectivity index (χ1n) is 6.08. The number of rotatable bonds is 2. The molecule has 8 heteroatoms. The number of halogens is 1. The van der Waals surface area contributed by atoms with Crippen molar-refractivity contribution in [2.45, 2.75) is 11.8 Å². The van der Waals surface area contributed by atoms with Crippen LogP contribution < -0.4 is 11.5 Å². The molecule has 0 aliphatic heterocycles. The Bertz CT molecular complexity index is 738. The van der Waals surface area contributed by atoms with Crippen molar-refractivity contribution < 1.29 is 13.0 Å². The average molecular weight is 342 g/mol. The Morgan fingerprint density at radius 1 is 1.05 bits per heavy atom. The van der Waals surface area contributed by atoms with Gasteiger partial charge in [-0.3, -0.25) is 4.55 Å². The van der Waals surface area contributed by atoms with Crippen LogP contribution in [-0.4, -0.2) is 18.9 Å². The van der Waals surface area contributed by atoms with Gasteiger partial charge in [-0.05, 0) is 43.3 Å². The molecule has 118 valence electrons. The van der Waals surface area contributed by atoms with Crippen LogP contribution in [0.3, 0.4) is 0 Å². The smallest absolute Gasteiger partial charge is 0.294 e. The van der Waals surface area contributed by atoms with Crippen molar-refractivity contribution in [3.63, 3.8) is 0 Å². The Kier molecular flexibility index (Phi) is 6.36. The van der Waals surface area contributed by atoms with Crippen molar-refractivity contribution in [2.75, 3.05) is 0 Å². The Morgan fingerprint density at radius 3 is 1.95 bits per heavy atom. The second-order valence-corrected chi connectivity index (χ2v) is 6.16. The van der Waals surface area contributed by atoms with Crippen LogP contribution in [0.2, 0.25) is 5.02 Å². The third-order valence-electron chi connectivity index (χ3n) is 2.40. The van der Waals surface area contributed by atoms with Gasteiger partial charge in [0.15, 0.2) is 5.96 Å². The van der Waals surface area contributed by atoms with E-state index in [9.17, 15) is 8.42 Å². The van der Waals surface area contributed by atoms with Crippen LogP contribution >= 0.6 is 11.6 Å². The summed E-state index contributed by atoms with van der Waals surface area (Å²) in [6, 6.07) is 12.9. The third-order valence-corrected chi connectivity index (χ3v) is 3.52. The van der Waals surface area contributed by atoms with Crippen LogP contribution in [0.1, 0.15) is 5.56 Å². The lowest BCUT2D eigenvalue weighted by Gasteiger charge is -1.95. The maximum atomic E-state index is 10.5. The predicted molar refractivity (Wildman–Crippen MR) is 87.9 cm³/mol. The molecule has 0 fully saturated rings. The zero-order chi connectivity index (χ0) is 16.8. The van der Waals surface area contributed by atoms with Gasteiger partial charge in [0.2, 0.25) is 0 Å². The van der Waals surface area contributed by atoms with E-state index >= 15 is 0 Å². The van der Waals surface area contributed by atoms with Gasteiger partial charge in [0, 0.05) is 5.02 Å². The van der Waals surface area contributed by atoms with Crippen LogP contribution in [-0.2, 0) is 10.1 Å². The zero-order valence-corrected chi connectivity index (χ0v) is 13.3. The summed E-state index contributed by atoms with van der Waals surface area (Å²) in [6.07, 6.45) is 0. The molecule has 6 nitrogen and oxygen atoms in total. The minimum atomic E-state index is -4.02. The maximum absolute atomic E-state index is 10.5. The van der Waals surface area contributed by atoms with Gasteiger partial charge in [0.05, 0.1) is 10.6 Å². The Labute approximate surface area is 134 Å². The molecule has 0 saturated heterocycles. The summed E-state index contributed by atoms with van der Waals surface area (Å²) in [5.74, 6) is 0.0484. The molecule has 0 heterocycles. The number of aliphatic imine (C=N–C) groups is 1. The molecule has 2 aromatic carbocycles. The Morgan fingerprint density at radius 2 is 1.55 bits per heavy atom. The van der Waals surface area contributed by atoms with E-state index in [0.717, 1.165) is 5.56 Å². The Balaban J connectivity index is 0.000000220. The summed E-state index contributed by atoms with van der Waals surface area (Å²) in [4.78, 5) is 3.75. The number of hydrogen-bond acceptors (Lipinski definition) is 3. The third kappa shape index (κ3) is 6.57. The molecule has 0 amide bonds. The molecule has 0 aliphatic rings. The number of benzene rings is 2. The van der Waals surface area contributed by atoms with Crippen molar-refractivity contribution in [2.24, 2.45) is 16.5 Å². The first kappa shape index (κ1) is 18.0. The summed E-state index contributed by atoms with van der Waals surface area (Å²) in [5.41, 5.74) is 12.0. The minimum Gasteiger partial charge on any atom is -0.370 e. The molecule has 0 saturated carbocycles. The van der Waals surface area contributed by atoms with E-state index in [0.29, 0.717) is 10.7 Å². The molecule has 0 atom stereocenters. The summed E-state index contributed by atoms with van der Waals surface area (Å²) in [5, 5.41) is 0.666. The first-order valence-corrected chi connectivity index (χ1v) is 7.89. The Hall–Kier alpha value is -2.09. The molecule has 0 aromatic heterocycles. The minimum absolute atomic E-state index is 0.0484. The van der Waals surface area contributed by atoms with Crippen LogP contribution in [0.25, 0.3) is 0 Å². The van der Waals surface area contributed by atoms with E-state index < -0.39 is 10.1 Å². The lowest BCUT2D eigenvalue weighted by molar-refractivity contribution is 0.483. The summed E-state index contributed by atoms with van der Waals surface area (Å²) in [7, 11) is -4.02. The SMILES string of the molecule is Cc1ccc(S(=O)(=O)O)cc1.NC(N)=Nc1ccc(Cl)cc1.